The van der Waals surface area contributed by atoms with Crippen molar-refractivity contribution >= 4 is 49.8 Å². The second kappa shape index (κ2) is 11.8. The van der Waals surface area contributed by atoms with Crippen molar-refractivity contribution in [3.63, 3.8) is 0 Å². The van der Waals surface area contributed by atoms with Gasteiger partial charge in [0.15, 0.2) is 0 Å². The summed E-state index contributed by atoms with van der Waals surface area (Å²) in [6.45, 7) is 0. The van der Waals surface area contributed by atoms with Gasteiger partial charge in [0.2, 0.25) is 0 Å². The molecule has 2 heteroatoms. The lowest BCUT2D eigenvalue weighted by Crippen LogP contribution is -2.09. The van der Waals surface area contributed by atoms with Crippen LogP contribution in [-0.2, 0) is 0 Å². The van der Waals surface area contributed by atoms with E-state index < -0.39 is 24.2 Å². The Hall–Kier alpha value is -6.38. The van der Waals surface area contributed by atoms with Gasteiger partial charge in [0, 0.05) is 33.4 Å². The van der Waals surface area contributed by atoms with Gasteiger partial charge in [-0.15, -0.1) is 0 Å². The summed E-state index contributed by atoms with van der Waals surface area (Å²) in [6, 6.07) is 40.0. The molecule has 0 atom stereocenters. The van der Waals surface area contributed by atoms with Gasteiger partial charge in [-0.3, -0.25) is 0 Å². The Morgan fingerprint density at radius 1 is 0.396 bits per heavy atom. The summed E-state index contributed by atoms with van der Waals surface area (Å²) in [4.78, 5) is 1.33. The molecule has 9 rings (SSSR count). The van der Waals surface area contributed by atoms with E-state index in [1.54, 1.807) is 30.3 Å². The van der Waals surface area contributed by atoms with Crippen LogP contribution in [0.2, 0.25) is 0 Å². The maximum absolute atomic E-state index is 9.47. The zero-order valence-electron chi connectivity index (χ0n) is 33.6. The van der Waals surface area contributed by atoms with Crippen LogP contribution < -0.4 is 4.90 Å². The molecule has 48 heavy (non-hydrogen) atoms. The molecule has 0 amide bonds. The Kier molecular flexibility index (Phi) is 5.07. The Morgan fingerprint density at radius 2 is 1.00 bits per heavy atom. The zero-order chi connectivity index (χ0) is 38.8. The van der Waals surface area contributed by atoms with Crippen LogP contribution in [0.15, 0.2) is 192 Å². The Balaban J connectivity index is 1.28. The molecule has 0 bridgehead atoms. The van der Waals surface area contributed by atoms with Crippen LogP contribution in [0.5, 0.6) is 0 Å². The van der Waals surface area contributed by atoms with Gasteiger partial charge in [-0.1, -0.05) is 139 Å². The van der Waals surface area contributed by atoms with Crippen LogP contribution in [0.3, 0.4) is 0 Å². The molecule has 0 aliphatic heterocycles. The van der Waals surface area contributed by atoms with Crippen LogP contribution in [0.25, 0.3) is 66.1 Å². The predicted molar refractivity (Wildman–Crippen MR) is 202 cm³/mol. The SMILES string of the molecule is [2H]c1c([2H])c(N(c2ccc(-c3ccccc3)cc2)c2c([2H])c([2H])c(-c3cccc4c3oc3ccccc34)c([2H])c2[2H])c([2H])c([2H])c1-c1ccc2ccccc2c1. The number of hydrogen-bond donors (Lipinski definition) is 0. The van der Waals surface area contributed by atoms with E-state index in [1.807, 2.05) is 109 Å². The predicted octanol–water partition coefficient (Wildman–Crippen LogP) is 13.2. The quantitative estimate of drug-likeness (QED) is 0.184. The van der Waals surface area contributed by atoms with Crippen molar-refractivity contribution in [3.05, 3.63) is 188 Å². The van der Waals surface area contributed by atoms with Crippen molar-refractivity contribution in [2.24, 2.45) is 0 Å². The van der Waals surface area contributed by atoms with Gasteiger partial charge >= 0.3 is 0 Å². The first-order chi connectivity index (χ1) is 27.1. The van der Waals surface area contributed by atoms with Crippen molar-refractivity contribution in [2.75, 3.05) is 4.90 Å². The van der Waals surface area contributed by atoms with Crippen molar-refractivity contribution in [3.8, 4) is 33.4 Å². The van der Waals surface area contributed by atoms with Crippen molar-refractivity contribution in [2.45, 2.75) is 0 Å². The molecule has 0 unspecified atom stereocenters. The van der Waals surface area contributed by atoms with Gasteiger partial charge in [-0.2, -0.15) is 0 Å². The molecule has 0 radical (unpaired) electrons. The fourth-order valence-electron chi connectivity index (χ4n) is 6.21. The van der Waals surface area contributed by atoms with Gasteiger partial charge in [-0.05, 0) is 87.0 Å². The third-order valence-corrected chi connectivity index (χ3v) is 8.62. The highest BCUT2D eigenvalue weighted by Crippen LogP contribution is 2.40. The van der Waals surface area contributed by atoms with E-state index in [1.165, 1.54) is 4.90 Å². The van der Waals surface area contributed by atoms with Crippen LogP contribution >= 0.6 is 0 Å². The van der Waals surface area contributed by atoms with Crippen LogP contribution in [0.4, 0.5) is 17.1 Å². The topological polar surface area (TPSA) is 16.4 Å². The molecule has 0 aliphatic carbocycles. The van der Waals surface area contributed by atoms with Gasteiger partial charge in [-0.25, -0.2) is 0 Å². The minimum Gasteiger partial charge on any atom is -0.455 e. The number of hydrogen-bond acceptors (Lipinski definition) is 2. The van der Waals surface area contributed by atoms with E-state index >= 15 is 0 Å². The minimum absolute atomic E-state index is 0.0407. The highest BCUT2D eigenvalue weighted by molar-refractivity contribution is 6.09. The van der Waals surface area contributed by atoms with E-state index in [2.05, 4.69) is 0 Å². The maximum atomic E-state index is 9.47. The molecule has 0 fully saturated rings. The average Bonchev–Trinajstić information content (AvgIpc) is 3.62. The number of fused-ring (bicyclic) bond motifs is 4. The molecule has 0 N–H and O–H groups in total. The first-order valence-electron chi connectivity index (χ1n) is 19.7. The lowest BCUT2D eigenvalue weighted by Gasteiger charge is -2.26. The molecular weight excluding hydrogens is 583 g/mol. The molecule has 0 saturated heterocycles. The number of furan rings is 1. The molecule has 0 aliphatic rings. The smallest absolute Gasteiger partial charge is 0.143 e. The summed E-state index contributed by atoms with van der Waals surface area (Å²) in [5, 5.41) is 3.48. The zero-order valence-corrected chi connectivity index (χ0v) is 25.6. The monoisotopic (exact) mass is 621 g/mol. The van der Waals surface area contributed by atoms with Gasteiger partial charge in [0.05, 0.1) is 11.0 Å². The summed E-state index contributed by atoms with van der Waals surface area (Å²) in [7, 11) is 0. The van der Waals surface area contributed by atoms with Crippen molar-refractivity contribution < 1.29 is 15.4 Å². The summed E-state index contributed by atoms with van der Waals surface area (Å²) in [5.74, 6) is 0. The van der Waals surface area contributed by atoms with Crippen LogP contribution in [0.1, 0.15) is 11.0 Å². The summed E-state index contributed by atoms with van der Waals surface area (Å²) < 4.78 is 81.2. The molecule has 0 spiro atoms. The number of anilines is 3. The number of rotatable bonds is 6. The van der Waals surface area contributed by atoms with Crippen LogP contribution in [-0.4, -0.2) is 0 Å². The first kappa shape index (κ1) is 20.7. The molecule has 2 nitrogen and oxygen atoms in total. The second-order valence-electron chi connectivity index (χ2n) is 11.5. The number of para-hydroxylation sites is 2. The van der Waals surface area contributed by atoms with E-state index in [4.69, 9.17) is 4.42 Å². The Morgan fingerprint density at radius 3 is 1.77 bits per heavy atom. The molecule has 0 saturated carbocycles. The lowest BCUT2D eigenvalue weighted by molar-refractivity contribution is 0.670. The van der Waals surface area contributed by atoms with Gasteiger partial charge in [0.25, 0.3) is 0 Å². The minimum atomic E-state index is -0.420. The van der Waals surface area contributed by atoms with E-state index in [-0.39, 0.29) is 46.7 Å². The van der Waals surface area contributed by atoms with E-state index in [9.17, 15) is 11.0 Å². The standard InChI is InChI=1S/C46H31NO/c1-2-9-32(10-3-1)34-19-25-39(26-20-34)47(40-27-21-35(22-28-40)38-18-17-33-11-4-5-12-37(33)31-38)41-29-23-36(24-30-41)42-14-8-15-44-43-13-6-7-16-45(43)48-46(42)44/h1-31H/i21D,22D,23D,24D,27D,28D,29D,30D. The Bertz CT molecular complexity index is 2960. The fraction of sp³-hybridized carbons (Fsp3) is 0. The fourth-order valence-corrected chi connectivity index (χ4v) is 6.21. The van der Waals surface area contributed by atoms with Crippen molar-refractivity contribution in [1.82, 2.24) is 0 Å². The largest absolute Gasteiger partial charge is 0.455 e. The molecular formula is C46H31NO. The molecule has 9 aromatic rings. The summed E-state index contributed by atoms with van der Waals surface area (Å²) >= 11 is 0. The number of benzene rings is 8. The van der Waals surface area contributed by atoms with Gasteiger partial charge < -0.3 is 9.32 Å². The summed E-state index contributed by atoms with van der Waals surface area (Å²) in [5.41, 5.74) is 3.85. The highest BCUT2D eigenvalue weighted by Gasteiger charge is 2.16. The van der Waals surface area contributed by atoms with E-state index in [0.717, 1.165) is 32.7 Å². The molecule has 226 valence electrons. The Labute approximate surface area is 291 Å². The second-order valence-corrected chi connectivity index (χ2v) is 11.5. The third-order valence-electron chi connectivity index (χ3n) is 8.62. The van der Waals surface area contributed by atoms with Crippen LogP contribution in [0, 0.1) is 0 Å². The highest BCUT2D eigenvalue weighted by atomic mass is 16.3. The number of nitrogens with zero attached hydrogens (tertiary/aromatic N) is 1. The molecule has 1 heterocycles. The molecule has 1 aromatic heterocycles. The normalized spacial score (nSPS) is 13.7. The third kappa shape index (κ3) is 5.01. The lowest BCUT2D eigenvalue weighted by atomic mass is 10.00. The van der Waals surface area contributed by atoms with E-state index in [0.29, 0.717) is 28.0 Å². The average molecular weight is 622 g/mol. The van der Waals surface area contributed by atoms with Crippen molar-refractivity contribution in [1.29, 1.82) is 0 Å². The van der Waals surface area contributed by atoms with Gasteiger partial charge in [0.1, 0.15) is 11.2 Å². The summed E-state index contributed by atoms with van der Waals surface area (Å²) in [6.07, 6.45) is 0. The first-order valence-corrected chi connectivity index (χ1v) is 15.7. The molecule has 8 aromatic carbocycles. The maximum Gasteiger partial charge on any atom is 0.143 e.